The predicted molar refractivity (Wildman–Crippen MR) is 82.8 cm³/mol. The average Bonchev–Trinajstić information content (AvgIpc) is 2.86. The summed E-state index contributed by atoms with van der Waals surface area (Å²) < 4.78 is 6.43. The van der Waals surface area contributed by atoms with Gasteiger partial charge in [-0.25, -0.2) is 0 Å². The number of aryl methyl sites for hydroxylation is 1. The first-order valence-corrected chi connectivity index (χ1v) is 7.26. The number of benzene rings is 2. The Bertz CT molecular complexity index is 732. The van der Waals surface area contributed by atoms with Gasteiger partial charge < -0.3 is 4.42 Å². The number of hydrogen-bond donors (Lipinski definition) is 0. The highest BCUT2D eigenvalue weighted by molar-refractivity contribution is 9.10. The number of hydrogen-bond acceptors (Lipinski definition) is 1. The van der Waals surface area contributed by atoms with E-state index in [1.165, 1.54) is 5.39 Å². The molecule has 2 aromatic carbocycles. The molecule has 0 spiro atoms. The van der Waals surface area contributed by atoms with Gasteiger partial charge in [0, 0.05) is 10.0 Å². The van der Waals surface area contributed by atoms with Gasteiger partial charge in [-0.15, -0.1) is 11.6 Å². The van der Waals surface area contributed by atoms with Gasteiger partial charge in [0.1, 0.15) is 5.76 Å². The van der Waals surface area contributed by atoms with Crippen molar-refractivity contribution in [3.63, 3.8) is 0 Å². The van der Waals surface area contributed by atoms with E-state index in [9.17, 15) is 0 Å². The molecule has 0 bridgehead atoms. The summed E-state index contributed by atoms with van der Waals surface area (Å²) in [4.78, 5) is 0. The monoisotopic (exact) mass is 334 g/mol. The third-order valence-corrected chi connectivity index (χ3v) is 4.40. The van der Waals surface area contributed by atoms with E-state index in [4.69, 9.17) is 16.0 Å². The van der Waals surface area contributed by atoms with Gasteiger partial charge in [-0.3, -0.25) is 0 Å². The van der Waals surface area contributed by atoms with Crippen LogP contribution in [-0.2, 0) is 0 Å². The minimum Gasteiger partial charge on any atom is -0.469 e. The maximum atomic E-state index is 6.60. The summed E-state index contributed by atoms with van der Waals surface area (Å²) in [5.41, 5.74) is 2.09. The van der Waals surface area contributed by atoms with Crippen molar-refractivity contribution in [3.05, 3.63) is 70.1 Å². The molecule has 1 atom stereocenters. The van der Waals surface area contributed by atoms with Crippen LogP contribution < -0.4 is 0 Å². The lowest BCUT2D eigenvalue weighted by molar-refractivity contribution is 0.532. The number of furan rings is 1. The fourth-order valence-electron chi connectivity index (χ4n) is 2.28. The molecular weight excluding hydrogens is 324 g/mol. The summed E-state index contributed by atoms with van der Waals surface area (Å²) in [5.74, 6) is 0.877. The zero-order valence-electron chi connectivity index (χ0n) is 10.4. The first kappa shape index (κ1) is 12.8. The van der Waals surface area contributed by atoms with Crippen LogP contribution in [0.25, 0.3) is 10.8 Å². The summed E-state index contributed by atoms with van der Waals surface area (Å²) in [6.07, 6.45) is 1.73. The molecule has 0 aliphatic carbocycles. The Labute approximate surface area is 125 Å². The molecule has 19 heavy (non-hydrogen) atoms. The maximum absolute atomic E-state index is 6.60. The topological polar surface area (TPSA) is 13.1 Å². The molecule has 3 rings (SSSR count). The van der Waals surface area contributed by atoms with Gasteiger partial charge in [0.2, 0.25) is 0 Å². The van der Waals surface area contributed by atoms with E-state index in [1.807, 2.05) is 31.2 Å². The van der Waals surface area contributed by atoms with Crippen molar-refractivity contribution in [1.82, 2.24) is 0 Å². The molecule has 0 fully saturated rings. The second-order valence-electron chi connectivity index (χ2n) is 4.54. The molecule has 0 saturated carbocycles. The summed E-state index contributed by atoms with van der Waals surface area (Å²) in [5, 5.41) is 2.14. The Balaban J connectivity index is 2.18. The predicted octanol–water partition coefficient (Wildman–Crippen LogP) is 5.83. The molecule has 96 valence electrons. The summed E-state index contributed by atoms with van der Waals surface area (Å²) in [7, 11) is 0. The Kier molecular flexibility index (Phi) is 3.38. The lowest BCUT2D eigenvalue weighted by atomic mass is 9.99. The number of alkyl halides is 1. The van der Waals surface area contributed by atoms with Crippen LogP contribution in [0.1, 0.15) is 22.3 Å². The van der Waals surface area contributed by atoms with Crippen molar-refractivity contribution < 1.29 is 4.42 Å². The SMILES string of the molecule is Cc1cc(C(Cl)c2ccc(Br)c3ccccc23)co1. The minimum absolute atomic E-state index is 0.199. The molecule has 3 heteroatoms. The lowest BCUT2D eigenvalue weighted by Crippen LogP contribution is -1.93. The summed E-state index contributed by atoms with van der Waals surface area (Å²) in [6, 6.07) is 14.3. The first-order valence-electron chi connectivity index (χ1n) is 6.03. The minimum atomic E-state index is -0.199. The molecule has 1 nitrogen and oxygen atoms in total. The van der Waals surface area contributed by atoms with Crippen LogP contribution in [0.5, 0.6) is 0 Å². The summed E-state index contributed by atoms with van der Waals surface area (Å²) in [6.45, 7) is 1.92. The zero-order chi connectivity index (χ0) is 13.4. The molecule has 0 saturated heterocycles. The fourth-order valence-corrected chi connectivity index (χ4v) is 3.07. The van der Waals surface area contributed by atoms with E-state index in [0.29, 0.717) is 0 Å². The van der Waals surface area contributed by atoms with E-state index in [2.05, 4.69) is 34.1 Å². The smallest absolute Gasteiger partial charge is 0.101 e. The van der Waals surface area contributed by atoms with E-state index >= 15 is 0 Å². The van der Waals surface area contributed by atoms with Crippen LogP contribution in [0.4, 0.5) is 0 Å². The van der Waals surface area contributed by atoms with E-state index < -0.39 is 0 Å². The maximum Gasteiger partial charge on any atom is 0.101 e. The highest BCUT2D eigenvalue weighted by atomic mass is 79.9. The Hall–Kier alpha value is -1.25. The van der Waals surface area contributed by atoms with Crippen molar-refractivity contribution >= 4 is 38.3 Å². The zero-order valence-corrected chi connectivity index (χ0v) is 12.7. The molecule has 0 radical (unpaired) electrons. The van der Waals surface area contributed by atoms with E-state index in [1.54, 1.807) is 6.26 Å². The van der Waals surface area contributed by atoms with E-state index in [0.717, 1.165) is 26.7 Å². The molecule has 1 heterocycles. The molecule has 1 unspecified atom stereocenters. The second kappa shape index (κ2) is 5.03. The highest BCUT2D eigenvalue weighted by Crippen LogP contribution is 2.36. The van der Waals surface area contributed by atoms with Crippen LogP contribution in [0.3, 0.4) is 0 Å². The third-order valence-electron chi connectivity index (χ3n) is 3.22. The molecule has 0 aliphatic heterocycles. The van der Waals surface area contributed by atoms with Gasteiger partial charge in [0.25, 0.3) is 0 Å². The van der Waals surface area contributed by atoms with Crippen molar-refractivity contribution in [3.8, 4) is 0 Å². The van der Waals surface area contributed by atoms with Gasteiger partial charge in [-0.1, -0.05) is 46.3 Å². The van der Waals surface area contributed by atoms with Gasteiger partial charge >= 0.3 is 0 Å². The fraction of sp³-hybridized carbons (Fsp3) is 0.125. The normalized spacial score (nSPS) is 12.8. The molecule has 0 N–H and O–H groups in total. The van der Waals surface area contributed by atoms with Gasteiger partial charge in [0.05, 0.1) is 11.6 Å². The van der Waals surface area contributed by atoms with Crippen LogP contribution in [0.15, 0.2) is 57.6 Å². The molecule has 3 aromatic rings. The number of fused-ring (bicyclic) bond motifs is 1. The van der Waals surface area contributed by atoms with Crippen LogP contribution in [0, 0.1) is 6.92 Å². The number of halogens is 2. The molecular formula is C16H12BrClO. The van der Waals surface area contributed by atoms with Crippen molar-refractivity contribution in [2.45, 2.75) is 12.3 Å². The largest absolute Gasteiger partial charge is 0.469 e. The van der Waals surface area contributed by atoms with Crippen molar-refractivity contribution in [1.29, 1.82) is 0 Å². The van der Waals surface area contributed by atoms with Crippen LogP contribution in [0.2, 0.25) is 0 Å². The molecule has 0 aliphatic rings. The Morgan fingerprint density at radius 2 is 1.84 bits per heavy atom. The standard InChI is InChI=1S/C16H12BrClO/c1-10-8-11(9-19-10)16(18)14-6-7-15(17)13-5-3-2-4-12(13)14/h2-9,16H,1H3. The summed E-state index contributed by atoms with van der Waals surface area (Å²) >= 11 is 10.2. The van der Waals surface area contributed by atoms with Gasteiger partial charge in [-0.2, -0.15) is 0 Å². The average molecular weight is 336 g/mol. The lowest BCUT2D eigenvalue weighted by Gasteiger charge is -2.12. The Morgan fingerprint density at radius 1 is 1.11 bits per heavy atom. The van der Waals surface area contributed by atoms with Gasteiger partial charge in [0.15, 0.2) is 0 Å². The third kappa shape index (κ3) is 2.31. The molecule has 0 amide bonds. The Morgan fingerprint density at radius 3 is 2.53 bits per heavy atom. The first-order chi connectivity index (χ1) is 9.16. The highest BCUT2D eigenvalue weighted by Gasteiger charge is 2.16. The molecule has 1 aromatic heterocycles. The van der Waals surface area contributed by atoms with Crippen LogP contribution in [-0.4, -0.2) is 0 Å². The second-order valence-corrected chi connectivity index (χ2v) is 5.83. The van der Waals surface area contributed by atoms with Crippen LogP contribution >= 0.6 is 27.5 Å². The quantitative estimate of drug-likeness (QED) is 0.537. The van der Waals surface area contributed by atoms with Gasteiger partial charge in [-0.05, 0) is 35.4 Å². The van der Waals surface area contributed by atoms with Crippen molar-refractivity contribution in [2.24, 2.45) is 0 Å². The van der Waals surface area contributed by atoms with Crippen molar-refractivity contribution in [2.75, 3.05) is 0 Å². The van der Waals surface area contributed by atoms with E-state index in [-0.39, 0.29) is 5.38 Å². The number of rotatable bonds is 2.